The molecule has 0 amide bonds. The van der Waals surface area contributed by atoms with Crippen LogP contribution in [0.4, 0.5) is 0 Å². The zero-order valence-electron chi connectivity index (χ0n) is 5.74. The largest absolute Gasteiger partial charge is 0.162 e. The van der Waals surface area contributed by atoms with Crippen LogP contribution < -0.4 is 0 Å². The Bertz CT molecular complexity index is 66.8. The highest BCUT2D eigenvalue weighted by atomic mass is 32.2. The van der Waals surface area contributed by atoms with Gasteiger partial charge in [-0.1, -0.05) is 12.5 Å². The molecule has 0 nitrogen and oxygen atoms in total. The first-order chi connectivity index (χ1) is 3.77. The number of rotatable bonds is 4. The van der Waals surface area contributed by atoms with Crippen LogP contribution in [-0.4, -0.2) is 11.5 Å². The lowest BCUT2D eigenvalue weighted by Crippen LogP contribution is -1.79. The highest BCUT2D eigenvalue weighted by Gasteiger charge is 1.84. The van der Waals surface area contributed by atoms with Crippen LogP contribution in [0.3, 0.4) is 0 Å². The first kappa shape index (κ1) is 8.09. The Kier molecular flexibility index (Phi) is 5.29. The average molecular weight is 130 g/mol. The summed E-state index contributed by atoms with van der Waals surface area (Å²) >= 11 is 1.98. The predicted molar refractivity (Wildman–Crippen MR) is 42.4 cm³/mol. The molecule has 0 unspecified atom stereocenters. The molecule has 0 aliphatic rings. The van der Waals surface area contributed by atoms with E-state index >= 15 is 0 Å². The van der Waals surface area contributed by atoms with Crippen LogP contribution in [0, 0.1) is 0 Å². The lowest BCUT2D eigenvalue weighted by Gasteiger charge is -1.95. The summed E-state index contributed by atoms with van der Waals surface area (Å²) in [5.41, 5.74) is 1.30. The van der Waals surface area contributed by atoms with Gasteiger partial charge in [0.25, 0.3) is 0 Å². The van der Waals surface area contributed by atoms with E-state index in [9.17, 15) is 0 Å². The molecule has 0 aliphatic heterocycles. The molecule has 0 saturated carbocycles. The maximum Gasteiger partial charge on any atom is -0.00305 e. The number of hydrogen-bond acceptors (Lipinski definition) is 1. The molecular formula is C7H14S. The summed E-state index contributed by atoms with van der Waals surface area (Å²) in [6.07, 6.45) is 1.18. The molecular weight excluding hydrogens is 116 g/mol. The highest BCUT2D eigenvalue weighted by Crippen LogP contribution is 2.05. The van der Waals surface area contributed by atoms with E-state index in [1.54, 1.807) is 0 Å². The zero-order valence-corrected chi connectivity index (χ0v) is 6.55. The summed E-state index contributed by atoms with van der Waals surface area (Å²) in [5, 5.41) is 0. The van der Waals surface area contributed by atoms with Crippen molar-refractivity contribution in [1.29, 1.82) is 0 Å². The summed E-state index contributed by atoms with van der Waals surface area (Å²) in [5.74, 6) is 2.47. The van der Waals surface area contributed by atoms with Gasteiger partial charge in [0.15, 0.2) is 0 Å². The molecule has 48 valence electrons. The zero-order chi connectivity index (χ0) is 6.41. The second-order valence-corrected chi connectivity index (χ2v) is 3.30. The Morgan fingerprint density at radius 1 is 1.62 bits per heavy atom. The van der Waals surface area contributed by atoms with Gasteiger partial charge in [-0.25, -0.2) is 0 Å². The van der Waals surface area contributed by atoms with E-state index < -0.39 is 0 Å². The molecule has 0 rings (SSSR count). The predicted octanol–water partition coefficient (Wildman–Crippen LogP) is 2.71. The second-order valence-electron chi connectivity index (χ2n) is 1.90. The lowest BCUT2D eigenvalue weighted by molar-refractivity contribution is 1.12. The van der Waals surface area contributed by atoms with Gasteiger partial charge in [0.2, 0.25) is 0 Å². The van der Waals surface area contributed by atoms with Gasteiger partial charge >= 0.3 is 0 Å². The third kappa shape index (κ3) is 6.09. The lowest BCUT2D eigenvalue weighted by atomic mass is 10.3. The van der Waals surface area contributed by atoms with Crippen LogP contribution in [0.2, 0.25) is 0 Å². The Labute approximate surface area is 56.4 Å². The van der Waals surface area contributed by atoms with Crippen molar-refractivity contribution in [3.63, 3.8) is 0 Å². The quantitative estimate of drug-likeness (QED) is 0.416. The summed E-state index contributed by atoms with van der Waals surface area (Å²) in [6.45, 7) is 8.08. The fraction of sp³-hybridized carbons (Fsp3) is 0.714. The maximum atomic E-state index is 3.81. The Balaban J connectivity index is 2.82. The summed E-state index contributed by atoms with van der Waals surface area (Å²) < 4.78 is 0. The van der Waals surface area contributed by atoms with Gasteiger partial charge in [-0.3, -0.25) is 0 Å². The first-order valence-corrected chi connectivity index (χ1v) is 4.15. The van der Waals surface area contributed by atoms with E-state index in [1.807, 2.05) is 11.8 Å². The van der Waals surface area contributed by atoms with Crippen LogP contribution >= 0.6 is 11.8 Å². The monoisotopic (exact) mass is 130 g/mol. The van der Waals surface area contributed by atoms with Gasteiger partial charge in [-0.15, -0.1) is 6.58 Å². The fourth-order valence-corrected chi connectivity index (χ4v) is 1.17. The summed E-state index contributed by atoms with van der Waals surface area (Å²) in [7, 11) is 0. The van der Waals surface area contributed by atoms with Gasteiger partial charge in [0.05, 0.1) is 0 Å². The Morgan fingerprint density at radius 3 is 2.62 bits per heavy atom. The molecule has 1 heteroatoms. The van der Waals surface area contributed by atoms with Crippen molar-refractivity contribution in [3.8, 4) is 0 Å². The molecule has 0 aromatic carbocycles. The summed E-state index contributed by atoms with van der Waals surface area (Å²) in [4.78, 5) is 0. The third-order valence-corrected chi connectivity index (χ3v) is 1.78. The minimum atomic E-state index is 1.18. The Morgan fingerprint density at radius 2 is 2.25 bits per heavy atom. The Hall–Kier alpha value is 0.0900. The fourth-order valence-electron chi connectivity index (χ4n) is 0.391. The van der Waals surface area contributed by atoms with Crippen molar-refractivity contribution in [2.24, 2.45) is 0 Å². The molecule has 0 spiro atoms. The van der Waals surface area contributed by atoms with Gasteiger partial charge in [-0.05, 0) is 24.9 Å². The van der Waals surface area contributed by atoms with Crippen LogP contribution in [-0.2, 0) is 0 Å². The van der Waals surface area contributed by atoms with Crippen molar-refractivity contribution >= 4 is 11.8 Å². The summed E-state index contributed by atoms with van der Waals surface area (Å²) in [6, 6.07) is 0. The van der Waals surface area contributed by atoms with Crippen molar-refractivity contribution in [2.75, 3.05) is 11.5 Å². The van der Waals surface area contributed by atoms with Crippen molar-refractivity contribution in [1.82, 2.24) is 0 Å². The third-order valence-electron chi connectivity index (χ3n) is 0.877. The van der Waals surface area contributed by atoms with Crippen molar-refractivity contribution in [2.45, 2.75) is 20.3 Å². The smallest absolute Gasteiger partial charge is 0.00305 e. The SMILES string of the molecule is C=C(C)CCSCC. The van der Waals surface area contributed by atoms with E-state index in [2.05, 4.69) is 20.4 Å². The van der Waals surface area contributed by atoms with Crippen molar-refractivity contribution in [3.05, 3.63) is 12.2 Å². The molecule has 0 atom stereocenters. The van der Waals surface area contributed by atoms with Crippen LogP contribution in [0.15, 0.2) is 12.2 Å². The van der Waals surface area contributed by atoms with Crippen LogP contribution in [0.5, 0.6) is 0 Å². The molecule has 0 saturated heterocycles. The van der Waals surface area contributed by atoms with E-state index in [0.717, 1.165) is 0 Å². The van der Waals surface area contributed by atoms with Gasteiger partial charge in [0.1, 0.15) is 0 Å². The molecule has 0 aliphatic carbocycles. The van der Waals surface area contributed by atoms with Crippen LogP contribution in [0.1, 0.15) is 20.3 Å². The van der Waals surface area contributed by atoms with Gasteiger partial charge in [0, 0.05) is 0 Å². The molecule has 0 heterocycles. The molecule has 0 bridgehead atoms. The molecule has 0 aromatic heterocycles. The average Bonchev–Trinajstić information content (AvgIpc) is 1.66. The van der Waals surface area contributed by atoms with E-state index in [-0.39, 0.29) is 0 Å². The highest BCUT2D eigenvalue weighted by molar-refractivity contribution is 7.99. The number of thioether (sulfide) groups is 1. The standard InChI is InChI=1S/C7H14S/c1-4-8-6-5-7(2)3/h2,4-6H2,1,3H3. The van der Waals surface area contributed by atoms with Gasteiger partial charge < -0.3 is 0 Å². The molecule has 0 N–H and O–H groups in total. The topological polar surface area (TPSA) is 0 Å². The number of allylic oxidation sites excluding steroid dienone is 1. The normalized spacial score (nSPS) is 9.25. The van der Waals surface area contributed by atoms with E-state index in [1.165, 1.54) is 23.5 Å². The first-order valence-electron chi connectivity index (χ1n) is 2.99. The molecule has 8 heavy (non-hydrogen) atoms. The number of hydrogen-bond donors (Lipinski definition) is 0. The minimum absolute atomic E-state index is 1.18. The second kappa shape index (κ2) is 5.23. The minimum Gasteiger partial charge on any atom is -0.162 e. The molecule has 0 aromatic rings. The van der Waals surface area contributed by atoms with Crippen molar-refractivity contribution < 1.29 is 0 Å². The molecule has 0 radical (unpaired) electrons. The van der Waals surface area contributed by atoms with E-state index in [4.69, 9.17) is 0 Å². The van der Waals surface area contributed by atoms with Gasteiger partial charge in [-0.2, -0.15) is 11.8 Å². The van der Waals surface area contributed by atoms with Crippen LogP contribution in [0.25, 0.3) is 0 Å². The van der Waals surface area contributed by atoms with E-state index in [0.29, 0.717) is 0 Å². The molecule has 0 fully saturated rings. The maximum absolute atomic E-state index is 3.81.